The van der Waals surface area contributed by atoms with E-state index in [2.05, 4.69) is 20.6 Å². The highest BCUT2D eigenvalue weighted by Crippen LogP contribution is 1.99. The SMILES string of the molecule is NCc1ccc(C(=O)NCCn2ccnn2)nc1. The number of amides is 1. The highest BCUT2D eigenvalue weighted by Gasteiger charge is 2.05. The number of nitrogens with two attached hydrogens (primary N) is 1. The Hall–Kier alpha value is -2.28. The van der Waals surface area contributed by atoms with E-state index >= 15 is 0 Å². The van der Waals surface area contributed by atoms with Crippen LogP contribution in [0, 0.1) is 0 Å². The van der Waals surface area contributed by atoms with E-state index in [1.54, 1.807) is 35.4 Å². The summed E-state index contributed by atoms with van der Waals surface area (Å²) in [6.45, 7) is 1.47. The third kappa shape index (κ3) is 3.11. The molecule has 3 N–H and O–H groups in total. The molecule has 2 heterocycles. The van der Waals surface area contributed by atoms with Crippen LogP contribution in [-0.2, 0) is 13.1 Å². The Morgan fingerprint density at radius 1 is 1.44 bits per heavy atom. The highest BCUT2D eigenvalue weighted by molar-refractivity contribution is 5.92. The van der Waals surface area contributed by atoms with E-state index in [-0.39, 0.29) is 5.91 Å². The van der Waals surface area contributed by atoms with Crippen molar-refractivity contribution in [3.63, 3.8) is 0 Å². The summed E-state index contributed by atoms with van der Waals surface area (Å²) >= 11 is 0. The molecular formula is C11H14N6O. The molecule has 2 aromatic rings. The van der Waals surface area contributed by atoms with E-state index < -0.39 is 0 Å². The highest BCUT2D eigenvalue weighted by atomic mass is 16.1. The fourth-order valence-electron chi connectivity index (χ4n) is 1.41. The first-order valence-electron chi connectivity index (χ1n) is 5.57. The number of hydrogen-bond acceptors (Lipinski definition) is 5. The molecule has 2 rings (SSSR count). The lowest BCUT2D eigenvalue weighted by atomic mass is 10.2. The zero-order valence-corrected chi connectivity index (χ0v) is 9.78. The Bertz CT molecular complexity index is 493. The molecule has 94 valence electrons. The number of rotatable bonds is 5. The topological polar surface area (TPSA) is 98.7 Å². The molecule has 0 saturated heterocycles. The summed E-state index contributed by atoms with van der Waals surface area (Å²) in [5.74, 6) is -0.210. The molecule has 2 aromatic heterocycles. The third-order valence-electron chi connectivity index (χ3n) is 2.39. The van der Waals surface area contributed by atoms with Gasteiger partial charge in [0.25, 0.3) is 5.91 Å². The number of hydrogen-bond donors (Lipinski definition) is 2. The first kappa shape index (κ1) is 12.2. The minimum absolute atomic E-state index is 0.210. The van der Waals surface area contributed by atoms with Crippen LogP contribution >= 0.6 is 0 Å². The van der Waals surface area contributed by atoms with Crippen LogP contribution < -0.4 is 11.1 Å². The van der Waals surface area contributed by atoms with Gasteiger partial charge in [0.15, 0.2) is 0 Å². The summed E-state index contributed by atoms with van der Waals surface area (Å²) in [7, 11) is 0. The van der Waals surface area contributed by atoms with Gasteiger partial charge in [0.05, 0.1) is 12.7 Å². The molecule has 18 heavy (non-hydrogen) atoms. The number of carbonyl (C=O) groups excluding carboxylic acids is 1. The number of pyridine rings is 1. The summed E-state index contributed by atoms with van der Waals surface area (Å²) in [5.41, 5.74) is 6.73. The van der Waals surface area contributed by atoms with E-state index in [1.165, 1.54) is 0 Å². The van der Waals surface area contributed by atoms with Gasteiger partial charge in [-0.1, -0.05) is 11.3 Å². The van der Waals surface area contributed by atoms with E-state index in [4.69, 9.17) is 5.73 Å². The maximum Gasteiger partial charge on any atom is 0.269 e. The molecule has 0 saturated carbocycles. The number of aromatic nitrogens is 4. The fourth-order valence-corrected chi connectivity index (χ4v) is 1.41. The van der Waals surface area contributed by atoms with Gasteiger partial charge < -0.3 is 11.1 Å². The lowest BCUT2D eigenvalue weighted by Gasteiger charge is -2.04. The normalized spacial score (nSPS) is 10.3. The van der Waals surface area contributed by atoms with Crippen LogP contribution in [0.3, 0.4) is 0 Å². The second kappa shape index (κ2) is 5.87. The Kier molecular flexibility index (Phi) is 3.98. The largest absolute Gasteiger partial charge is 0.349 e. The fraction of sp³-hybridized carbons (Fsp3) is 0.273. The molecule has 0 aliphatic rings. The van der Waals surface area contributed by atoms with Crippen LogP contribution in [0.2, 0.25) is 0 Å². The van der Waals surface area contributed by atoms with Gasteiger partial charge in [-0.15, -0.1) is 5.10 Å². The average Bonchev–Trinajstić information content (AvgIpc) is 2.92. The minimum atomic E-state index is -0.210. The van der Waals surface area contributed by atoms with Gasteiger partial charge in [0.1, 0.15) is 5.69 Å². The van der Waals surface area contributed by atoms with Crippen LogP contribution in [0.1, 0.15) is 16.1 Å². The zero-order valence-electron chi connectivity index (χ0n) is 9.78. The summed E-state index contributed by atoms with van der Waals surface area (Å²) < 4.78 is 1.64. The van der Waals surface area contributed by atoms with Crippen LogP contribution in [0.5, 0.6) is 0 Å². The van der Waals surface area contributed by atoms with Crippen molar-refractivity contribution in [1.29, 1.82) is 0 Å². The van der Waals surface area contributed by atoms with Gasteiger partial charge in [-0.25, -0.2) is 0 Å². The van der Waals surface area contributed by atoms with Crippen molar-refractivity contribution in [3.05, 3.63) is 42.0 Å². The van der Waals surface area contributed by atoms with Gasteiger partial charge in [-0.2, -0.15) is 0 Å². The second-order valence-corrected chi connectivity index (χ2v) is 3.68. The molecule has 1 amide bonds. The summed E-state index contributed by atoms with van der Waals surface area (Å²) in [6, 6.07) is 3.45. The second-order valence-electron chi connectivity index (χ2n) is 3.68. The number of nitrogens with one attached hydrogen (secondary N) is 1. The molecule has 0 radical (unpaired) electrons. The molecule has 0 atom stereocenters. The lowest BCUT2D eigenvalue weighted by Crippen LogP contribution is -2.28. The molecule has 0 spiro atoms. The van der Waals surface area contributed by atoms with Crippen LogP contribution in [0.4, 0.5) is 0 Å². The Labute approximate surface area is 104 Å². The molecular weight excluding hydrogens is 232 g/mol. The Balaban J connectivity index is 1.83. The van der Waals surface area contributed by atoms with Gasteiger partial charge in [-0.05, 0) is 11.6 Å². The lowest BCUT2D eigenvalue weighted by molar-refractivity contribution is 0.0947. The predicted molar refractivity (Wildman–Crippen MR) is 64.5 cm³/mol. The zero-order chi connectivity index (χ0) is 12.8. The van der Waals surface area contributed by atoms with Crippen LogP contribution in [0.25, 0.3) is 0 Å². The van der Waals surface area contributed by atoms with Crippen molar-refractivity contribution in [1.82, 2.24) is 25.3 Å². The maximum absolute atomic E-state index is 11.7. The van der Waals surface area contributed by atoms with E-state index in [0.717, 1.165) is 5.56 Å². The Morgan fingerprint density at radius 2 is 2.33 bits per heavy atom. The molecule has 0 aliphatic carbocycles. The molecule has 7 nitrogen and oxygen atoms in total. The van der Waals surface area contributed by atoms with E-state index in [1.807, 2.05) is 0 Å². The monoisotopic (exact) mass is 246 g/mol. The smallest absolute Gasteiger partial charge is 0.269 e. The number of carbonyl (C=O) groups is 1. The molecule has 0 aromatic carbocycles. The maximum atomic E-state index is 11.7. The van der Waals surface area contributed by atoms with Gasteiger partial charge >= 0.3 is 0 Å². The van der Waals surface area contributed by atoms with Crippen LogP contribution in [-0.4, -0.2) is 32.4 Å². The van der Waals surface area contributed by atoms with Crippen molar-refractivity contribution < 1.29 is 4.79 Å². The quantitative estimate of drug-likeness (QED) is 0.745. The molecule has 0 fully saturated rings. The van der Waals surface area contributed by atoms with E-state index in [9.17, 15) is 4.79 Å². The summed E-state index contributed by atoms with van der Waals surface area (Å²) in [5, 5.41) is 10.2. The standard InChI is InChI=1S/C11H14N6O/c12-7-9-1-2-10(14-8-9)11(18)13-3-5-17-6-4-15-16-17/h1-2,4,6,8H,3,5,7,12H2,(H,13,18). The van der Waals surface area contributed by atoms with Crippen LogP contribution in [0.15, 0.2) is 30.7 Å². The number of nitrogens with zero attached hydrogens (tertiary/aromatic N) is 4. The minimum Gasteiger partial charge on any atom is -0.349 e. The predicted octanol–water partition coefficient (Wildman–Crippen LogP) is -0.438. The molecule has 0 unspecified atom stereocenters. The summed E-state index contributed by atoms with van der Waals surface area (Å²) in [4.78, 5) is 15.8. The van der Waals surface area contributed by atoms with Crippen molar-refractivity contribution in [2.75, 3.05) is 6.54 Å². The van der Waals surface area contributed by atoms with Crippen molar-refractivity contribution in [2.45, 2.75) is 13.1 Å². The first-order valence-corrected chi connectivity index (χ1v) is 5.57. The van der Waals surface area contributed by atoms with Crippen molar-refractivity contribution in [3.8, 4) is 0 Å². The van der Waals surface area contributed by atoms with Gasteiger partial charge in [0.2, 0.25) is 0 Å². The average molecular weight is 246 g/mol. The van der Waals surface area contributed by atoms with Crippen molar-refractivity contribution >= 4 is 5.91 Å². The first-order chi connectivity index (χ1) is 8.79. The Morgan fingerprint density at radius 3 is 2.94 bits per heavy atom. The summed E-state index contributed by atoms with van der Waals surface area (Å²) in [6.07, 6.45) is 4.93. The van der Waals surface area contributed by atoms with E-state index in [0.29, 0.717) is 25.3 Å². The molecule has 0 bridgehead atoms. The third-order valence-corrected chi connectivity index (χ3v) is 2.39. The van der Waals surface area contributed by atoms with Crippen molar-refractivity contribution in [2.24, 2.45) is 5.73 Å². The molecule has 0 aliphatic heterocycles. The van der Waals surface area contributed by atoms with Gasteiger partial charge in [-0.3, -0.25) is 14.5 Å². The molecule has 7 heteroatoms. The van der Waals surface area contributed by atoms with Gasteiger partial charge in [0, 0.05) is 25.5 Å².